The van der Waals surface area contributed by atoms with Gasteiger partial charge in [-0.2, -0.15) is 0 Å². The summed E-state index contributed by atoms with van der Waals surface area (Å²) in [6.07, 6.45) is 0.932. The highest BCUT2D eigenvalue weighted by Gasteiger charge is 2.14. The fourth-order valence-electron chi connectivity index (χ4n) is 1.80. The molecule has 0 aliphatic carbocycles. The van der Waals surface area contributed by atoms with E-state index < -0.39 is 0 Å². The molecule has 0 fully saturated rings. The minimum absolute atomic E-state index is 0.192. The lowest BCUT2D eigenvalue weighted by Gasteiger charge is -2.17. The molecule has 0 aromatic heterocycles. The van der Waals surface area contributed by atoms with Crippen molar-refractivity contribution < 1.29 is 5.11 Å². The molecule has 3 heteroatoms. The highest BCUT2D eigenvalue weighted by Crippen LogP contribution is 2.36. The molecule has 84 valence electrons. The maximum absolute atomic E-state index is 9.67. The first-order valence-corrected chi connectivity index (χ1v) is 5.55. The lowest BCUT2D eigenvalue weighted by molar-refractivity contribution is 0.470. The SMILES string of the molecule is Cc1cc(C(C)CCN)c(C)c(Cl)c1O. The predicted octanol–water partition coefficient (Wildman–Crippen LogP) is 3.11. The molecule has 0 bridgehead atoms. The Balaban J connectivity index is 3.19. The van der Waals surface area contributed by atoms with Gasteiger partial charge in [-0.25, -0.2) is 0 Å². The molecule has 0 spiro atoms. The number of rotatable bonds is 3. The van der Waals surface area contributed by atoms with Crippen LogP contribution in [0.4, 0.5) is 0 Å². The zero-order chi connectivity index (χ0) is 11.6. The Morgan fingerprint density at radius 3 is 2.60 bits per heavy atom. The van der Waals surface area contributed by atoms with Crippen molar-refractivity contribution in [3.05, 3.63) is 27.8 Å². The molecule has 1 aromatic rings. The second kappa shape index (κ2) is 4.86. The van der Waals surface area contributed by atoms with Gasteiger partial charge >= 0.3 is 0 Å². The van der Waals surface area contributed by atoms with Crippen molar-refractivity contribution in [1.82, 2.24) is 0 Å². The van der Waals surface area contributed by atoms with Gasteiger partial charge in [-0.1, -0.05) is 24.6 Å². The van der Waals surface area contributed by atoms with Crippen LogP contribution in [0.5, 0.6) is 5.75 Å². The maximum atomic E-state index is 9.67. The number of benzene rings is 1. The molecule has 1 rings (SSSR count). The number of nitrogens with two attached hydrogens (primary N) is 1. The van der Waals surface area contributed by atoms with Gasteiger partial charge in [0.05, 0.1) is 5.02 Å². The first-order valence-electron chi connectivity index (χ1n) is 5.17. The van der Waals surface area contributed by atoms with E-state index in [1.807, 2.05) is 19.9 Å². The Labute approximate surface area is 96.1 Å². The van der Waals surface area contributed by atoms with Gasteiger partial charge in [0.15, 0.2) is 0 Å². The van der Waals surface area contributed by atoms with Crippen LogP contribution in [0, 0.1) is 13.8 Å². The van der Waals surface area contributed by atoms with Crippen molar-refractivity contribution in [1.29, 1.82) is 0 Å². The summed E-state index contributed by atoms with van der Waals surface area (Å²) >= 11 is 6.05. The molecular formula is C12H18ClNO. The summed E-state index contributed by atoms with van der Waals surface area (Å²) in [5.74, 6) is 0.574. The van der Waals surface area contributed by atoms with Gasteiger partial charge in [0, 0.05) is 0 Å². The molecule has 0 saturated heterocycles. The number of hydrogen-bond donors (Lipinski definition) is 2. The minimum Gasteiger partial charge on any atom is -0.506 e. The fraction of sp³-hybridized carbons (Fsp3) is 0.500. The summed E-state index contributed by atoms with van der Waals surface area (Å²) in [6.45, 7) is 6.59. The Morgan fingerprint density at radius 1 is 1.47 bits per heavy atom. The van der Waals surface area contributed by atoms with Crippen LogP contribution in [0.1, 0.15) is 36.0 Å². The normalized spacial score (nSPS) is 12.9. The smallest absolute Gasteiger partial charge is 0.137 e. The molecule has 0 saturated carbocycles. The van der Waals surface area contributed by atoms with Crippen molar-refractivity contribution >= 4 is 11.6 Å². The molecular weight excluding hydrogens is 210 g/mol. The number of phenols is 1. The molecule has 3 N–H and O–H groups in total. The van der Waals surface area contributed by atoms with Crippen LogP contribution in [-0.2, 0) is 0 Å². The van der Waals surface area contributed by atoms with Gasteiger partial charge in [0.2, 0.25) is 0 Å². The van der Waals surface area contributed by atoms with Crippen molar-refractivity contribution in [2.24, 2.45) is 5.73 Å². The minimum atomic E-state index is 0.192. The molecule has 0 heterocycles. The third kappa shape index (κ3) is 2.44. The monoisotopic (exact) mass is 227 g/mol. The van der Waals surface area contributed by atoms with Crippen LogP contribution in [0.15, 0.2) is 6.07 Å². The Morgan fingerprint density at radius 2 is 2.07 bits per heavy atom. The van der Waals surface area contributed by atoms with Gasteiger partial charge in [-0.05, 0) is 49.4 Å². The van der Waals surface area contributed by atoms with Crippen LogP contribution < -0.4 is 5.73 Å². The van der Waals surface area contributed by atoms with Crippen LogP contribution in [0.3, 0.4) is 0 Å². The number of aryl methyl sites for hydroxylation is 1. The summed E-state index contributed by atoms with van der Waals surface area (Å²) in [4.78, 5) is 0. The summed E-state index contributed by atoms with van der Waals surface area (Å²) < 4.78 is 0. The van der Waals surface area contributed by atoms with E-state index in [2.05, 4.69) is 6.92 Å². The van der Waals surface area contributed by atoms with E-state index >= 15 is 0 Å². The second-order valence-electron chi connectivity index (χ2n) is 4.05. The molecule has 1 unspecified atom stereocenters. The zero-order valence-corrected chi connectivity index (χ0v) is 10.2. The molecule has 0 aliphatic rings. The summed E-state index contributed by atoms with van der Waals surface area (Å²) in [6, 6.07) is 2.00. The van der Waals surface area contributed by atoms with Gasteiger partial charge < -0.3 is 10.8 Å². The highest BCUT2D eigenvalue weighted by molar-refractivity contribution is 6.33. The Kier molecular flexibility index (Phi) is 4.00. The third-order valence-corrected chi connectivity index (χ3v) is 3.31. The quantitative estimate of drug-likeness (QED) is 0.834. The lowest BCUT2D eigenvalue weighted by Crippen LogP contribution is -2.06. The molecule has 0 aliphatic heterocycles. The first kappa shape index (κ1) is 12.3. The Hall–Kier alpha value is -0.730. The van der Waals surface area contributed by atoms with Crippen molar-refractivity contribution in [3.8, 4) is 5.75 Å². The van der Waals surface area contributed by atoms with Gasteiger partial charge in [0.1, 0.15) is 5.75 Å². The fourth-order valence-corrected chi connectivity index (χ4v) is 2.06. The molecule has 2 nitrogen and oxygen atoms in total. The van der Waals surface area contributed by atoms with E-state index in [0.717, 1.165) is 17.5 Å². The average molecular weight is 228 g/mol. The third-order valence-electron chi connectivity index (χ3n) is 2.85. The van der Waals surface area contributed by atoms with E-state index in [9.17, 15) is 5.11 Å². The van der Waals surface area contributed by atoms with Crippen LogP contribution in [0.2, 0.25) is 5.02 Å². The van der Waals surface area contributed by atoms with Crippen molar-refractivity contribution in [2.45, 2.75) is 33.1 Å². The van der Waals surface area contributed by atoms with Crippen LogP contribution in [-0.4, -0.2) is 11.7 Å². The number of halogens is 1. The van der Waals surface area contributed by atoms with E-state index in [1.54, 1.807) is 0 Å². The van der Waals surface area contributed by atoms with Gasteiger partial charge in [-0.3, -0.25) is 0 Å². The molecule has 0 amide bonds. The van der Waals surface area contributed by atoms with Crippen LogP contribution >= 0.6 is 11.6 Å². The van der Waals surface area contributed by atoms with Crippen LogP contribution in [0.25, 0.3) is 0 Å². The second-order valence-corrected chi connectivity index (χ2v) is 4.43. The molecule has 15 heavy (non-hydrogen) atoms. The van der Waals surface area contributed by atoms with E-state index in [0.29, 0.717) is 17.5 Å². The van der Waals surface area contributed by atoms with E-state index in [4.69, 9.17) is 17.3 Å². The maximum Gasteiger partial charge on any atom is 0.137 e. The van der Waals surface area contributed by atoms with Crippen molar-refractivity contribution in [3.63, 3.8) is 0 Å². The summed E-state index contributed by atoms with van der Waals surface area (Å²) in [7, 11) is 0. The standard InChI is InChI=1S/C12H18ClNO/c1-7(4-5-14)10-6-8(2)12(15)11(13)9(10)3/h6-7,15H,4-5,14H2,1-3H3. The van der Waals surface area contributed by atoms with Gasteiger partial charge in [0.25, 0.3) is 0 Å². The Bertz CT molecular complexity index is 363. The van der Waals surface area contributed by atoms with Crippen molar-refractivity contribution in [2.75, 3.05) is 6.54 Å². The highest BCUT2D eigenvalue weighted by atomic mass is 35.5. The number of hydrogen-bond acceptors (Lipinski definition) is 2. The van der Waals surface area contributed by atoms with Gasteiger partial charge in [-0.15, -0.1) is 0 Å². The summed E-state index contributed by atoms with van der Waals surface area (Å²) in [5, 5.41) is 10.1. The molecule has 1 atom stereocenters. The zero-order valence-electron chi connectivity index (χ0n) is 9.47. The molecule has 1 aromatic carbocycles. The summed E-state index contributed by atoms with van der Waals surface area (Å²) in [5.41, 5.74) is 8.50. The lowest BCUT2D eigenvalue weighted by atomic mass is 9.92. The topological polar surface area (TPSA) is 46.2 Å². The predicted molar refractivity (Wildman–Crippen MR) is 64.7 cm³/mol. The first-order chi connectivity index (χ1) is 6.99. The number of phenolic OH excluding ortho intramolecular Hbond substituents is 1. The average Bonchev–Trinajstić information content (AvgIpc) is 2.20. The number of aromatic hydroxyl groups is 1. The molecule has 0 radical (unpaired) electrons. The largest absolute Gasteiger partial charge is 0.506 e. The van der Waals surface area contributed by atoms with E-state index in [-0.39, 0.29) is 5.75 Å². The van der Waals surface area contributed by atoms with E-state index in [1.165, 1.54) is 5.56 Å².